The number of hydrogen-bond donors (Lipinski definition) is 1. The summed E-state index contributed by atoms with van der Waals surface area (Å²) in [7, 11) is 0. The van der Waals surface area contributed by atoms with Crippen molar-refractivity contribution >= 4 is 24.2 Å². The standard InChI is InChI=1S/C17H17F2N3O3.ClH/c18-13-2-1-3-14(19)15(13)17(24)22-6-4-21(5-7-22)16(23)11-8-12(9-20)25-10-11;/h1-3,8,10H,4-7,9,20H2;1H. The minimum absolute atomic E-state index is 0. The molecule has 6 nitrogen and oxygen atoms in total. The molecule has 2 heterocycles. The molecule has 2 aromatic rings. The summed E-state index contributed by atoms with van der Waals surface area (Å²) < 4.78 is 32.6. The molecule has 0 saturated carbocycles. The second kappa shape index (κ2) is 8.29. The molecule has 1 aliphatic rings. The molecule has 0 unspecified atom stereocenters. The summed E-state index contributed by atoms with van der Waals surface area (Å²) >= 11 is 0. The van der Waals surface area contributed by atoms with Crippen LogP contribution in [-0.2, 0) is 6.54 Å². The number of nitrogens with two attached hydrogens (primary N) is 1. The number of furan rings is 1. The average molecular weight is 386 g/mol. The van der Waals surface area contributed by atoms with E-state index in [2.05, 4.69) is 0 Å². The average Bonchev–Trinajstić information content (AvgIpc) is 3.10. The molecule has 1 fully saturated rings. The summed E-state index contributed by atoms with van der Waals surface area (Å²) in [5.74, 6) is -2.22. The predicted octanol–water partition coefficient (Wildman–Crippen LogP) is 2.04. The number of hydrogen-bond acceptors (Lipinski definition) is 4. The number of piperazine rings is 1. The fraction of sp³-hybridized carbons (Fsp3) is 0.294. The first-order chi connectivity index (χ1) is 12.0. The van der Waals surface area contributed by atoms with Crippen LogP contribution in [0.1, 0.15) is 26.5 Å². The number of nitrogens with zero attached hydrogens (tertiary/aromatic N) is 2. The molecule has 0 spiro atoms. The highest BCUT2D eigenvalue weighted by molar-refractivity contribution is 5.96. The highest BCUT2D eigenvalue weighted by Gasteiger charge is 2.28. The van der Waals surface area contributed by atoms with Crippen LogP contribution in [0, 0.1) is 11.6 Å². The first kappa shape index (κ1) is 19.9. The quantitative estimate of drug-likeness (QED) is 0.876. The van der Waals surface area contributed by atoms with Crippen LogP contribution < -0.4 is 5.73 Å². The Morgan fingerprint density at radius 3 is 2.08 bits per heavy atom. The van der Waals surface area contributed by atoms with Gasteiger partial charge in [-0.15, -0.1) is 12.4 Å². The molecule has 1 aliphatic heterocycles. The Hall–Kier alpha value is -2.45. The fourth-order valence-corrected chi connectivity index (χ4v) is 2.76. The molecular weight excluding hydrogens is 368 g/mol. The molecule has 0 bridgehead atoms. The highest BCUT2D eigenvalue weighted by Crippen LogP contribution is 2.17. The lowest BCUT2D eigenvalue weighted by Crippen LogP contribution is -2.50. The summed E-state index contributed by atoms with van der Waals surface area (Å²) in [6, 6.07) is 4.88. The van der Waals surface area contributed by atoms with Gasteiger partial charge < -0.3 is 20.0 Å². The topological polar surface area (TPSA) is 79.8 Å². The first-order valence-electron chi connectivity index (χ1n) is 7.81. The smallest absolute Gasteiger partial charge is 0.259 e. The number of benzene rings is 1. The van der Waals surface area contributed by atoms with Crippen molar-refractivity contribution in [2.24, 2.45) is 5.73 Å². The van der Waals surface area contributed by atoms with Gasteiger partial charge in [0.25, 0.3) is 11.8 Å². The van der Waals surface area contributed by atoms with Gasteiger partial charge in [0, 0.05) is 26.2 Å². The molecule has 1 aromatic heterocycles. The van der Waals surface area contributed by atoms with Crippen LogP contribution in [0.4, 0.5) is 8.78 Å². The van der Waals surface area contributed by atoms with Crippen molar-refractivity contribution in [3.63, 3.8) is 0 Å². The van der Waals surface area contributed by atoms with Crippen molar-refractivity contribution in [2.75, 3.05) is 26.2 Å². The van der Waals surface area contributed by atoms with E-state index in [9.17, 15) is 18.4 Å². The van der Waals surface area contributed by atoms with Crippen LogP contribution in [0.5, 0.6) is 0 Å². The van der Waals surface area contributed by atoms with Crippen molar-refractivity contribution in [1.29, 1.82) is 0 Å². The lowest BCUT2D eigenvalue weighted by Gasteiger charge is -2.34. The van der Waals surface area contributed by atoms with Crippen molar-refractivity contribution < 1.29 is 22.8 Å². The Bertz CT molecular complexity index is 784. The Labute approximate surface area is 154 Å². The van der Waals surface area contributed by atoms with Gasteiger partial charge in [-0.2, -0.15) is 0 Å². The molecule has 3 rings (SSSR count). The summed E-state index contributed by atoms with van der Waals surface area (Å²) in [6.45, 7) is 1.12. The minimum atomic E-state index is -0.892. The molecule has 2 amide bonds. The van der Waals surface area contributed by atoms with Crippen molar-refractivity contribution in [2.45, 2.75) is 6.54 Å². The zero-order valence-electron chi connectivity index (χ0n) is 13.8. The summed E-state index contributed by atoms with van der Waals surface area (Å²) in [5, 5.41) is 0. The van der Waals surface area contributed by atoms with E-state index in [4.69, 9.17) is 10.2 Å². The van der Waals surface area contributed by atoms with Crippen LogP contribution >= 0.6 is 12.4 Å². The molecule has 0 radical (unpaired) electrons. The Morgan fingerprint density at radius 2 is 1.58 bits per heavy atom. The SMILES string of the molecule is Cl.NCc1cc(C(=O)N2CCN(C(=O)c3c(F)cccc3F)CC2)co1. The number of halogens is 3. The van der Waals surface area contributed by atoms with E-state index in [1.807, 2.05) is 0 Å². The van der Waals surface area contributed by atoms with E-state index >= 15 is 0 Å². The van der Waals surface area contributed by atoms with Gasteiger partial charge in [0.15, 0.2) is 0 Å². The highest BCUT2D eigenvalue weighted by atomic mass is 35.5. The van der Waals surface area contributed by atoms with Gasteiger partial charge in [-0.3, -0.25) is 9.59 Å². The van der Waals surface area contributed by atoms with Crippen molar-refractivity contribution in [1.82, 2.24) is 9.80 Å². The van der Waals surface area contributed by atoms with Crippen LogP contribution in [-0.4, -0.2) is 47.8 Å². The fourth-order valence-electron chi connectivity index (χ4n) is 2.76. The maximum absolute atomic E-state index is 13.7. The van der Waals surface area contributed by atoms with Gasteiger partial charge in [0.05, 0.1) is 12.1 Å². The third-order valence-electron chi connectivity index (χ3n) is 4.13. The van der Waals surface area contributed by atoms with Gasteiger partial charge in [0.2, 0.25) is 0 Å². The molecule has 26 heavy (non-hydrogen) atoms. The molecular formula is C17H18ClF2N3O3. The monoisotopic (exact) mass is 385 g/mol. The minimum Gasteiger partial charge on any atom is -0.467 e. The third-order valence-corrected chi connectivity index (χ3v) is 4.13. The van der Waals surface area contributed by atoms with E-state index in [0.29, 0.717) is 11.3 Å². The Balaban J connectivity index is 0.00000243. The number of carbonyl (C=O) groups is 2. The van der Waals surface area contributed by atoms with E-state index in [1.54, 1.807) is 11.0 Å². The largest absolute Gasteiger partial charge is 0.467 e. The molecule has 2 N–H and O–H groups in total. The van der Waals surface area contributed by atoms with Gasteiger partial charge in [0.1, 0.15) is 29.2 Å². The van der Waals surface area contributed by atoms with E-state index in [-0.39, 0.29) is 51.0 Å². The number of rotatable bonds is 3. The molecule has 0 atom stereocenters. The summed E-state index contributed by atoms with van der Waals surface area (Å²) in [4.78, 5) is 27.6. The van der Waals surface area contributed by atoms with Gasteiger partial charge in [-0.25, -0.2) is 8.78 Å². The third kappa shape index (κ3) is 3.86. The van der Waals surface area contributed by atoms with E-state index < -0.39 is 23.1 Å². The number of carbonyl (C=O) groups excluding carboxylic acids is 2. The lowest BCUT2D eigenvalue weighted by molar-refractivity contribution is 0.0529. The zero-order valence-corrected chi connectivity index (χ0v) is 14.6. The molecule has 1 aromatic carbocycles. The van der Waals surface area contributed by atoms with Crippen molar-refractivity contribution in [3.8, 4) is 0 Å². The first-order valence-corrected chi connectivity index (χ1v) is 7.81. The van der Waals surface area contributed by atoms with Gasteiger partial charge >= 0.3 is 0 Å². The zero-order chi connectivity index (χ0) is 18.0. The van der Waals surface area contributed by atoms with E-state index in [1.165, 1.54) is 17.2 Å². The maximum atomic E-state index is 13.7. The molecule has 1 saturated heterocycles. The van der Waals surface area contributed by atoms with Crippen LogP contribution in [0.25, 0.3) is 0 Å². The normalized spacial score (nSPS) is 14.1. The van der Waals surface area contributed by atoms with Crippen LogP contribution in [0.3, 0.4) is 0 Å². The Kier molecular flexibility index (Phi) is 6.33. The second-order valence-corrected chi connectivity index (χ2v) is 5.69. The van der Waals surface area contributed by atoms with Crippen molar-refractivity contribution in [3.05, 3.63) is 59.1 Å². The summed E-state index contributed by atoms with van der Waals surface area (Å²) in [5.41, 5.74) is 5.27. The van der Waals surface area contributed by atoms with E-state index in [0.717, 1.165) is 12.1 Å². The van der Waals surface area contributed by atoms with Gasteiger partial charge in [-0.1, -0.05) is 6.07 Å². The number of amides is 2. The summed E-state index contributed by atoms with van der Waals surface area (Å²) in [6.07, 6.45) is 1.34. The van der Waals surface area contributed by atoms with Crippen LogP contribution in [0.15, 0.2) is 34.9 Å². The maximum Gasteiger partial charge on any atom is 0.259 e. The predicted molar refractivity (Wildman–Crippen MR) is 92.0 cm³/mol. The molecule has 0 aliphatic carbocycles. The molecule has 9 heteroatoms. The molecule has 140 valence electrons. The van der Waals surface area contributed by atoms with Gasteiger partial charge in [-0.05, 0) is 18.2 Å². The van der Waals surface area contributed by atoms with Crippen LogP contribution in [0.2, 0.25) is 0 Å². The Morgan fingerprint density at radius 1 is 1.04 bits per heavy atom. The second-order valence-electron chi connectivity index (χ2n) is 5.69. The lowest BCUT2D eigenvalue weighted by atomic mass is 10.1.